The van der Waals surface area contributed by atoms with Gasteiger partial charge in [-0.1, -0.05) is 74.3 Å². The summed E-state index contributed by atoms with van der Waals surface area (Å²) in [5.74, 6) is 0.414. The van der Waals surface area contributed by atoms with Crippen LogP contribution in [0.25, 0.3) is 6.08 Å². The van der Waals surface area contributed by atoms with E-state index in [0.717, 1.165) is 11.1 Å². The number of amides is 2. The lowest BCUT2D eigenvalue weighted by Crippen LogP contribution is -2.28. The predicted octanol–water partition coefficient (Wildman–Crippen LogP) is 8.06. The van der Waals surface area contributed by atoms with Crippen LogP contribution in [0, 0.1) is 6.92 Å². The predicted molar refractivity (Wildman–Crippen MR) is 182 cm³/mol. The van der Waals surface area contributed by atoms with Gasteiger partial charge < -0.3 is 14.5 Å². The van der Waals surface area contributed by atoms with Gasteiger partial charge in [0.15, 0.2) is 11.8 Å². The third kappa shape index (κ3) is 8.53. The van der Waals surface area contributed by atoms with Crippen molar-refractivity contribution in [3.63, 3.8) is 0 Å². The van der Waals surface area contributed by atoms with E-state index in [1.165, 1.54) is 22.2 Å². The number of nitrogens with zero attached hydrogens (tertiary/aromatic N) is 3. The molecule has 230 valence electrons. The molecule has 0 aliphatic carbocycles. The fraction of sp³-hybridized carbons (Fsp3) is 0.200. The highest BCUT2D eigenvalue weighted by Gasteiger charge is 2.34. The average molecular weight is 641 g/mol. The van der Waals surface area contributed by atoms with Crippen molar-refractivity contribution in [2.45, 2.75) is 39.7 Å². The van der Waals surface area contributed by atoms with E-state index in [-0.39, 0.29) is 30.4 Å². The first-order chi connectivity index (χ1) is 21.5. The van der Waals surface area contributed by atoms with Gasteiger partial charge in [0.05, 0.1) is 23.9 Å². The van der Waals surface area contributed by atoms with E-state index < -0.39 is 0 Å². The number of aryl methyl sites for hydroxylation is 1. The van der Waals surface area contributed by atoms with Crippen molar-refractivity contribution in [2.24, 2.45) is 10.2 Å². The zero-order valence-electron chi connectivity index (χ0n) is 25.4. The molecule has 45 heavy (non-hydrogen) atoms. The van der Waals surface area contributed by atoms with E-state index in [2.05, 4.69) is 48.4 Å². The van der Waals surface area contributed by atoms with Gasteiger partial charge >= 0.3 is 0 Å². The molecule has 1 aromatic heterocycles. The number of carbonyl (C=O) groups excluding carboxylic acids is 2. The summed E-state index contributed by atoms with van der Waals surface area (Å²) in [6.45, 7) is 8.42. The van der Waals surface area contributed by atoms with Crippen LogP contribution in [0.1, 0.15) is 48.8 Å². The summed E-state index contributed by atoms with van der Waals surface area (Å²) in [4.78, 5) is 28.1. The number of halogens is 1. The average Bonchev–Trinajstić information content (AvgIpc) is 3.62. The number of anilines is 1. The standard InChI is InChI=1S/C35H33ClN4O4S/c1-23-7-14-28(15-8-23)38-32(41)22-44-30-16-13-27(36)18-25(30)19-31-33(42)40(21-29-6-5-17-43-29)34(45-31)39-37-20-24-9-11-26(12-10-24)35(2,3)4/h5-20H,21-22H2,1-4H3,(H,38,41)/b31-19-,37-20+,39-34-. The normalized spacial score (nSPS) is 15.4. The number of thioether (sulfide) groups is 1. The summed E-state index contributed by atoms with van der Waals surface area (Å²) in [5.41, 5.74) is 4.47. The minimum atomic E-state index is -0.316. The number of rotatable bonds is 9. The minimum absolute atomic E-state index is 0.0492. The molecule has 0 atom stereocenters. The van der Waals surface area contributed by atoms with Crippen LogP contribution in [0.2, 0.25) is 5.02 Å². The Labute approximate surface area is 271 Å². The van der Waals surface area contributed by atoms with E-state index in [9.17, 15) is 9.59 Å². The van der Waals surface area contributed by atoms with Crippen LogP contribution in [0.15, 0.2) is 105 Å². The number of furan rings is 1. The first-order valence-corrected chi connectivity index (χ1v) is 15.5. The Bertz CT molecular complexity index is 1760. The summed E-state index contributed by atoms with van der Waals surface area (Å²) in [5, 5.41) is 12.4. The van der Waals surface area contributed by atoms with Crippen molar-refractivity contribution in [1.29, 1.82) is 0 Å². The number of hydrogen-bond donors (Lipinski definition) is 1. The Hall–Kier alpha value is -4.60. The van der Waals surface area contributed by atoms with Crippen LogP contribution in [-0.4, -0.2) is 34.7 Å². The molecule has 2 amide bonds. The van der Waals surface area contributed by atoms with Gasteiger partial charge in [-0.2, -0.15) is 5.10 Å². The molecular weight excluding hydrogens is 608 g/mol. The Morgan fingerprint density at radius 1 is 1.07 bits per heavy atom. The van der Waals surface area contributed by atoms with Gasteiger partial charge in [-0.3, -0.25) is 14.5 Å². The highest BCUT2D eigenvalue weighted by atomic mass is 35.5. The molecule has 0 saturated carbocycles. The SMILES string of the molecule is Cc1ccc(NC(=O)COc2ccc(Cl)cc2/C=C2\S/C(=N\N=C\c3ccc(C(C)(C)C)cc3)N(Cc3ccco3)C2=O)cc1. The summed E-state index contributed by atoms with van der Waals surface area (Å²) in [7, 11) is 0. The third-order valence-electron chi connectivity index (χ3n) is 6.86. The van der Waals surface area contributed by atoms with Crippen LogP contribution in [0.3, 0.4) is 0 Å². The van der Waals surface area contributed by atoms with E-state index in [1.54, 1.807) is 48.9 Å². The summed E-state index contributed by atoms with van der Waals surface area (Å²) in [6.07, 6.45) is 4.89. The lowest BCUT2D eigenvalue weighted by molar-refractivity contribution is -0.122. The highest BCUT2D eigenvalue weighted by molar-refractivity contribution is 8.18. The second kappa shape index (κ2) is 14.0. The van der Waals surface area contributed by atoms with Crippen LogP contribution >= 0.6 is 23.4 Å². The molecule has 1 saturated heterocycles. The zero-order valence-corrected chi connectivity index (χ0v) is 27.0. The minimum Gasteiger partial charge on any atom is -0.483 e. The topological polar surface area (TPSA) is 96.5 Å². The molecule has 4 aromatic rings. The molecular formula is C35H33ClN4O4S. The fourth-order valence-electron chi connectivity index (χ4n) is 4.38. The molecule has 0 spiro atoms. The number of nitrogens with one attached hydrogen (secondary N) is 1. The summed E-state index contributed by atoms with van der Waals surface area (Å²) >= 11 is 7.49. The summed E-state index contributed by atoms with van der Waals surface area (Å²) in [6, 6.07) is 24.2. The van der Waals surface area contributed by atoms with Gasteiger partial charge in [0, 0.05) is 16.3 Å². The third-order valence-corrected chi connectivity index (χ3v) is 8.09. The van der Waals surface area contributed by atoms with Crippen LogP contribution in [0.4, 0.5) is 5.69 Å². The molecule has 8 nitrogen and oxygen atoms in total. The number of amidine groups is 1. The van der Waals surface area contributed by atoms with Crippen molar-refractivity contribution in [3.05, 3.63) is 123 Å². The molecule has 1 N–H and O–H groups in total. The maximum atomic E-state index is 13.6. The largest absolute Gasteiger partial charge is 0.483 e. The van der Waals surface area contributed by atoms with Crippen molar-refractivity contribution < 1.29 is 18.7 Å². The molecule has 1 aliphatic rings. The van der Waals surface area contributed by atoms with E-state index >= 15 is 0 Å². The number of ether oxygens (including phenoxy) is 1. The number of hydrogen-bond acceptors (Lipinski definition) is 7. The maximum absolute atomic E-state index is 13.6. The quantitative estimate of drug-likeness (QED) is 0.113. The second-order valence-electron chi connectivity index (χ2n) is 11.5. The van der Waals surface area contributed by atoms with E-state index in [4.69, 9.17) is 20.8 Å². The Morgan fingerprint density at radius 3 is 2.51 bits per heavy atom. The van der Waals surface area contributed by atoms with Gasteiger partial charge in [-0.15, -0.1) is 5.10 Å². The molecule has 5 rings (SSSR count). The molecule has 3 aromatic carbocycles. The van der Waals surface area contributed by atoms with E-state index in [0.29, 0.717) is 37.9 Å². The second-order valence-corrected chi connectivity index (χ2v) is 12.9. The first kappa shape index (κ1) is 31.8. The summed E-state index contributed by atoms with van der Waals surface area (Å²) < 4.78 is 11.4. The number of carbonyl (C=O) groups is 2. The Balaban J connectivity index is 1.36. The van der Waals surface area contributed by atoms with Crippen LogP contribution in [0.5, 0.6) is 5.75 Å². The molecule has 0 unspecified atom stereocenters. The Morgan fingerprint density at radius 2 is 1.82 bits per heavy atom. The van der Waals surface area contributed by atoms with Gasteiger partial charge in [-0.25, -0.2) is 0 Å². The molecule has 10 heteroatoms. The van der Waals surface area contributed by atoms with Crippen LogP contribution < -0.4 is 10.1 Å². The van der Waals surface area contributed by atoms with Gasteiger partial charge in [0.25, 0.3) is 11.8 Å². The maximum Gasteiger partial charge on any atom is 0.267 e. The van der Waals surface area contributed by atoms with Gasteiger partial charge in [0.2, 0.25) is 0 Å². The lowest BCUT2D eigenvalue weighted by atomic mass is 9.87. The zero-order chi connectivity index (χ0) is 32.0. The van der Waals surface area contributed by atoms with Crippen molar-refractivity contribution in [3.8, 4) is 5.75 Å². The molecule has 1 aliphatic heterocycles. The van der Waals surface area contributed by atoms with Crippen LogP contribution in [-0.2, 0) is 21.5 Å². The van der Waals surface area contributed by atoms with E-state index in [1.807, 2.05) is 43.3 Å². The van der Waals surface area contributed by atoms with Crippen molar-refractivity contribution in [2.75, 3.05) is 11.9 Å². The molecule has 0 bridgehead atoms. The van der Waals surface area contributed by atoms with Gasteiger partial charge in [0.1, 0.15) is 11.5 Å². The van der Waals surface area contributed by atoms with Crippen molar-refractivity contribution >= 4 is 58.3 Å². The monoisotopic (exact) mass is 640 g/mol. The smallest absolute Gasteiger partial charge is 0.267 e. The highest BCUT2D eigenvalue weighted by Crippen LogP contribution is 2.36. The molecule has 1 fully saturated rings. The number of benzene rings is 3. The molecule has 2 heterocycles. The fourth-order valence-corrected chi connectivity index (χ4v) is 5.48. The van der Waals surface area contributed by atoms with Gasteiger partial charge in [-0.05, 0) is 83.8 Å². The lowest BCUT2D eigenvalue weighted by Gasteiger charge is -2.18. The first-order valence-electron chi connectivity index (χ1n) is 14.3. The molecule has 0 radical (unpaired) electrons. The Kier molecular flexibility index (Phi) is 9.90. The van der Waals surface area contributed by atoms with Crippen molar-refractivity contribution in [1.82, 2.24) is 4.90 Å².